The van der Waals surface area contributed by atoms with Gasteiger partial charge in [0.15, 0.2) is 5.11 Å². The van der Waals surface area contributed by atoms with Crippen LogP contribution < -0.4 is 15.0 Å². The summed E-state index contributed by atoms with van der Waals surface area (Å²) in [4.78, 5) is 18.2. The van der Waals surface area contributed by atoms with Gasteiger partial charge in [-0.05, 0) is 117 Å². The maximum atomic E-state index is 11.4. The fraction of sp³-hybridized carbons (Fsp3) is 0.147. The topological polar surface area (TPSA) is 79.6 Å². The van der Waals surface area contributed by atoms with Gasteiger partial charge in [0.05, 0.1) is 23.3 Å². The summed E-state index contributed by atoms with van der Waals surface area (Å²) in [5, 5.41) is 13.5. The number of aryl methyl sites for hydroxylation is 2. The van der Waals surface area contributed by atoms with Crippen LogP contribution in [0.15, 0.2) is 103 Å². The lowest BCUT2D eigenvalue weighted by molar-refractivity contribution is 0.0697. The van der Waals surface area contributed by atoms with Gasteiger partial charge in [0.25, 0.3) is 0 Å². The Kier molecular flexibility index (Phi) is 7.22. The fourth-order valence-electron chi connectivity index (χ4n) is 5.60. The molecule has 0 bridgehead atoms. The monoisotopic (exact) mass is 574 g/mol. The minimum atomic E-state index is -0.946. The summed E-state index contributed by atoms with van der Waals surface area (Å²) in [5.74, 6) is 0.572. The molecule has 1 aliphatic heterocycles. The van der Waals surface area contributed by atoms with E-state index in [4.69, 9.17) is 17.0 Å². The Labute approximate surface area is 250 Å². The number of hydrogen-bond donors (Lipinski definition) is 2. The molecule has 0 spiro atoms. The maximum absolute atomic E-state index is 11.4. The molecule has 6 rings (SSSR count). The second-order valence-corrected chi connectivity index (χ2v) is 10.8. The van der Waals surface area contributed by atoms with E-state index in [1.54, 1.807) is 18.3 Å². The minimum absolute atomic E-state index is 0.186. The molecule has 3 aromatic carbocycles. The zero-order valence-electron chi connectivity index (χ0n) is 23.5. The van der Waals surface area contributed by atoms with Crippen molar-refractivity contribution in [3.8, 4) is 17.2 Å². The molecule has 1 saturated heterocycles. The summed E-state index contributed by atoms with van der Waals surface area (Å²) in [5.41, 5.74) is 7.32. The number of thiocarbonyl (C=S) groups is 1. The third-order valence-electron chi connectivity index (χ3n) is 7.63. The van der Waals surface area contributed by atoms with Crippen molar-refractivity contribution in [2.45, 2.75) is 32.9 Å². The van der Waals surface area contributed by atoms with Gasteiger partial charge in [0.2, 0.25) is 0 Å². The van der Waals surface area contributed by atoms with Gasteiger partial charge in [-0.2, -0.15) is 0 Å². The molecule has 5 aromatic rings. The fourth-order valence-corrected chi connectivity index (χ4v) is 5.95. The van der Waals surface area contributed by atoms with Crippen molar-refractivity contribution in [2.24, 2.45) is 0 Å². The molecule has 0 radical (unpaired) electrons. The normalized spacial score (nSPS) is 16.4. The minimum Gasteiger partial charge on any atom is -0.478 e. The van der Waals surface area contributed by atoms with Gasteiger partial charge >= 0.3 is 5.97 Å². The van der Waals surface area contributed by atoms with Crippen molar-refractivity contribution in [2.75, 3.05) is 4.90 Å². The number of benzene rings is 3. The van der Waals surface area contributed by atoms with Crippen LogP contribution >= 0.6 is 12.2 Å². The summed E-state index contributed by atoms with van der Waals surface area (Å²) >= 11 is 5.94. The van der Waals surface area contributed by atoms with Crippen molar-refractivity contribution >= 4 is 29.0 Å². The molecule has 210 valence electrons. The number of nitrogens with one attached hydrogen (secondary N) is 1. The van der Waals surface area contributed by atoms with E-state index in [0.717, 1.165) is 45.5 Å². The summed E-state index contributed by atoms with van der Waals surface area (Å²) in [6.07, 6.45) is 1.80. The lowest BCUT2D eigenvalue weighted by Crippen LogP contribution is -2.29. The highest BCUT2D eigenvalue weighted by Crippen LogP contribution is 2.44. The predicted octanol–water partition coefficient (Wildman–Crippen LogP) is 7.47. The largest absolute Gasteiger partial charge is 0.478 e. The molecule has 7 nitrogen and oxygen atoms in total. The Balaban J connectivity index is 1.39. The van der Waals surface area contributed by atoms with Gasteiger partial charge in [0, 0.05) is 29.0 Å². The highest BCUT2D eigenvalue weighted by atomic mass is 32.1. The van der Waals surface area contributed by atoms with Gasteiger partial charge in [-0.3, -0.25) is 4.98 Å². The number of rotatable bonds is 7. The Morgan fingerprint density at radius 1 is 0.881 bits per heavy atom. The number of nitrogens with zero attached hydrogens (tertiary/aromatic N) is 3. The van der Waals surface area contributed by atoms with Gasteiger partial charge in [-0.15, -0.1) is 0 Å². The van der Waals surface area contributed by atoms with Crippen LogP contribution in [-0.4, -0.2) is 25.7 Å². The molecule has 0 aliphatic carbocycles. The number of aromatic nitrogens is 2. The van der Waals surface area contributed by atoms with Crippen LogP contribution in [0.3, 0.4) is 0 Å². The second-order valence-electron chi connectivity index (χ2n) is 10.4. The van der Waals surface area contributed by atoms with Crippen LogP contribution in [0.4, 0.5) is 5.69 Å². The Bertz CT molecular complexity index is 1750. The predicted molar refractivity (Wildman–Crippen MR) is 168 cm³/mol. The van der Waals surface area contributed by atoms with Crippen molar-refractivity contribution < 1.29 is 14.6 Å². The third-order valence-corrected chi connectivity index (χ3v) is 7.95. The lowest BCUT2D eigenvalue weighted by atomic mass is 9.96. The van der Waals surface area contributed by atoms with E-state index in [1.807, 2.05) is 85.8 Å². The number of anilines is 1. The summed E-state index contributed by atoms with van der Waals surface area (Å²) in [6, 6.07) is 30.6. The van der Waals surface area contributed by atoms with Crippen LogP contribution in [-0.2, 0) is 0 Å². The molecule has 1 fully saturated rings. The van der Waals surface area contributed by atoms with Gasteiger partial charge in [0.1, 0.15) is 11.5 Å². The average molecular weight is 575 g/mol. The van der Waals surface area contributed by atoms with E-state index in [9.17, 15) is 9.90 Å². The standard InChI is InChI=1S/C34H30N4O3S/c1-21-7-15-27(16-8-21)41-28-17-13-26(14-18-28)38-32(31(36-34(38)42)30-6-4-5-19-35-30)29-20-22(2)37(23(29)3)25-11-9-24(10-12-25)33(39)40/h4-20,31-32H,1-3H3,(H,36,42)(H,39,40). The molecule has 3 heterocycles. The molecule has 1 aliphatic rings. The molecule has 42 heavy (non-hydrogen) atoms. The highest BCUT2D eigenvalue weighted by Gasteiger charge is 2.42. The van der Waals surface area contributed by atoms with E-state index in [-0.39, 0.29) is 17.6 Å². The first-order chi connectivity index (χ1) is 20.3. The number of carboxylic acid groups (broad SMARTS) is 1. The molecule has 0 saturated carbocycles. The number of pyridine rings is 1. The number of hydrogen-bond acceptors (Lipinski definition) is 4. The van der Waals surface area contributed by atoms with Crippen LogP contribution in [0.5, 0.6) is 11.5 Å². The smallest absolute Gasteiger partial charge is 0.335 e. The highest BCUT2D eigenvalue weighted by molar-refractivity contribution is 7.80. The quantitative estimate of drug-likeness (QED) is 0.195. The summed E-state index contributed by atoms with van der Waals surface area (Å²) in [6.45, 7) is 6.19. The molecular formula is C34H30N4O3S. The number of ether oxygens (including phenoxy) is 1. The van der Waals surface area contributed by atoms with E-state index < -0.39 is 5.97 Å². The molecule has 8 heteroatoms. The summed E-state index contributed by atoms with van der Waals surface area (Å²) in [7, 11) is 0. The second kappa shape index (κ2) is 11.1. The number of carboxylic acids is 1. The van der Waals surface area contributed by atoms with Crippen LogP contribution in [0.1, 0.15) is 50.7 Å². The summed E-state index contributed by atoms with van der Waals surface area (Å²) < 4.78 is 8.22. The van der Waals surface area contributed by atoms with E-state index in [2.05, 4.69) is 39.7 Å². The Morgan fingerprint density at radius 2 is 1.52 bits per heavy atom. The Morgan fingerprint density at radius 3 is 2.14 bits per heavy atom. The molecule has 2 atom stereocenters. The van der Waals surface area contributed by atoms with Crippen molar-refractivity contribution in [1.29, 1.82) is 0 Å². The van der Waals surface area contributed by atoms with Crippen molar-refractivity contribution in [3.05, 3.63) is 137 Å². The first kappa shape index (κ1) is 27.2. The van der Waals surface area contributed by atoms with Gasteiger partial charge in [-0.1, -0.05) is 23.8 Å². The van der Waals surface area contributed by atoms with Crippen molar-refractivity contribution in [1.82, 2.24) is 14.9 Å². The molecule has 2 aromatic heterocycles. The van der Waals surface area contributed by atoms with Gasteiger partial charge in [-0.25, -0.2) is 4.79 Å². The Hall–Kier alpha value is -4.95. The third kappa shape index (κ3) is 5.12. The zero-order valence-corrected chi connectivity index (χ0v) is 24.3. The van der Waals surface area contributed by atoms with Crippen LogP contribution in [0, 0.1) is 20.8 Å². The molecular weight excluding hydrogens is 544 g/mol. The van der Waals surface area contributed by atoms with E-state index in [0.29, 0.717) is 5.11 Å². The van der Waals surface area contributed by atoms with Crippen LogP contribution in [0.2, 0.25) is 0 Å². The van der Waals surface area contributed by atoms with Gasteiger partial charge < -0.3 is 24.6 Å². The zero-order chi connectivity index (χ0) is 29.4. The maximum Gasteiger partial charge on any atom is 0.335 e. The number of aromatic carboxylic acids is 1. The molecule has 2 unspecified atom stereocenters. The molecule has 0 amide bonds. The first-order valence-electron chi connectivity index (χ1n) is 13.7. The number of carbonyl (C=O) groups is 1. The van der Waals surface area contributed by atoms with Crippen molar-refractivity contribution in [3.63, 3.8) is 0 Å². The van der Waals surface area contributed by atoms with E-state index in [1.165, 1.54) is 5.56 Å². The SMILES string of the molecule is Cc1ccc(Oc2ccc(N3C(=S)NC(c4ccccn4)C3c3cc(C)n(-c4ccc(C(=O)O)cc4)c3C)cc2)cc1. The molecule has 2 N–H and O–H groups in total. The lowest BCUT2D eigenvalue weighted by Gasteiger charge is -2.28. The first-order valence-corrected chi connectivity index (χ1v) is 14.1. The van der Waals surface area contributed by atoms with E-state index >= 15 is 0 Å². The van der Waals surface area contributed by atoms with Crippen LogP contribution in [0.25, 0.3) is 5.69 Å². The average Bonchev–Trinajstić information content (AvgIpc) is 3.49.